The first-order chi connectivity index (χ1) is 10.6. The van der Waals surface area contributed by atoms with Crippen molar-refractivity contribution in [2.75, 3.05) is 5.32 Å². The Bertz CT molecular complexity index is 654. The molecular formula is C15H15N3O3S. The minimum absolute atomic E-state index is 0.158. The van der Waals surface area contributed by atoms with Gasteiger partial charge in [-0.3, -0.25) is 19.3 Å². The maximum absolute atomic E-state index is 12.6. The number of hydrogen-bond donors (Lipinski definition) is 1. The molecule has 2 bridgehead atoms. The maximum atomic E-state index is 12.6. The van der Waals surface area contributed by atoms with E-state index in [1.54, 1.807) is 18.5 Å². The van der Waals surface area contributed by atoms with Crippen LogP contribution in [-0.4, -0.2) is 33.6 Å². The third-order valence-corrected chi connectivity index (χ3v) is 5.62. The van der Waals surface area contributed by atoms with Gasteiger partial charge in [-0.2, -0.15) is 0 Å². The monoisotopic (exact) mass is 317 g/mol. The number of rotatable bonds is 3. The van der Waals surface area contributed by atoms with Gasteiger partial charge in [0.1, 0.15) is 6.04 Å². The molecule has 1 saturated carbocycles. The summed E-state index contributed by atoms with van der Waals surface area (Å²) in [6.45, 7) is 1.59. The second-order valence-corrected chi connectivity index (χ2v) is 6.94. The van der Waals surface area contributed by atoms with E-state index in [4.69, 9.17) is 0 Å². The summed E-state index contributed by atoms with van der Waals surface area (Å²) in [6.07, 6.45) is 6.56. The number of anilines is 1. The zero-order chi connectivity index (χ0) is 15.4. The highest BCUT2D eigenvalue weighted by Crippen LogP contribution is 2.52. The van der Waals surface area contributed by atoms with E-state index in [1.165, 1.54) is 11.3 Å². The predicted octanol–water partition coefficient (Wildman–Crippen LogP) is 1.28. The number of hydrogen-bond acceptors (Lipinski definition) is 5. The minimum atomic E-state index is -0.811. The molecule has 0 aromatic carbocycles. The molecule has 1 aromatic rings. The van der Waals surface area contributed by atoms with Gasteiger partial charge in [-0.25, -0.2) is 4.98 Å². The number of nitrogens with one attached hydrogen (secondary N) is 1. The van der Waals surface area contributed by atoms with E-state index in [2.05, 4.69) is 10.3 Å². The summed E-state index contributed by atoms with van der Waals surface area (Å²) in [6, 6.07) is -0.811. The summed E-state index contributed by atoms with van der Waals surface area (Å²) in [5, 5.41) is 4.87. The van der Waals surface area contributed by atoms with Crippen LogP contribution in [0.25, 0.3) is 0 Å². The lowest BCUT2D eigenvalue weighted by atomic mass is 9.85. The van der Waals surface area contributed by atoms with Gasteiger partial charge in [0, 0.05) is 11.6 Å². The topological polar surface area (TPSA) is 79.4 Å². The quantitative estimate of drug-likeness (QED) is 0.673. The van der Waals surface area contributed by atoms with Gasteiger partial charge in [0.2, 0.25) is 17.7 Å². The highest BCUT2D eigenvalue weighted by Gasteiger charge is 2.60. The maximum Gasteiger partial charge on any atom is 0.249 e. The largest absolute Gasteiger partial charge is 0.300 e. The van der Waals surface area contributed by atoms with E-state index in [0.29, 0.717) is 5.13 Å². The SMILES string of the molecule is CC(C(=O)Nc1nccs1)N1C(=O)C2C3C=CC(C3)C2C1=O. The summed E-state index contributed by atoms with van der Waals surface area (Å²) >= 11 is 1.30. The van der Waals surface area contributed by atoms with Crippen LogP contribution in [0, 0.1) is 23.7 Å². The van der Waals surface area contributed by atoms with Gasteiger partial charge < -0.3 is 5.32 Å². The highest BCUT2D eigenvalue weighted by molar-refractivity contribution is 7.13. The lowest BCUT2D eigenvalue weighted by Gasteiger charge is -2.23. The van der Waals surface area contributed by atoms with Crippen LogP contribution in [0.2, 0.25) is 0 Å². The number of amides is 3. The van der Waals surface area contributed by atoms with Crippen molar-refractivity contribution < 1.29 is 14.4 Å². The Morgan fingerprint density at radius 2 is 1.95 bits per heavy atom. The molecule has 1 N–H and O–H groups in total. The van der Waals surface area contributed by atoms with E-state index in [0.717, 1.165) is 11.3 Å². The van der Waals surface area contributed by atoms with Crippen LogP contribution >= 0.6 is 11.3 Å². The molecule has 0 spiro atoms. The third kappa shape index (κ3) is 1.78. The molecule has 4 rings (SSSR count). The Kier molecular flexibility index (Phi) is 2.94. The Morgan fingerprint density at radius 3 is 2.50 bits per heavy atom. The molecular weight excluding hydrogens is 302 g/mol. The number of nitrogens with zero attached hydrogens (tertiary/aromatic N) is 2. The van der Waals surface area contributed by atoms with E-state index in [9.17, 15) is 14.4 Å². The molecule has 3 aliphatic rings. The summed E-state index contributed by atoms with van der Waals surface area (Å²) in [5.41, 5.74) is 0. The zero-order valence-electron chi connectivity index (χ0n) is 11.9. The molecule has 1 aromatic heterocycles. The van der Waals surface area contributed by atoms with Crippen molar-refractivity contribution in [3.63, 3.8) is 0 Å². The molecule has 1 saturated heterocycles. The second-order valence-electron chi connectivity index (χ2n) is 6.05. The van der Waals surface area contributed by atoms with Crippen LogP contribution in [0.5, 0.6) is 0 Å². The fourth-order valence-electron chi connectivity index (χ4n) is 3.92. The summed E-state index contributed by atoms with van der Waals surface area (Å²) in [7, 11) is 0. The van der Waals surface area contributed by atoms with E-state index >= 15 is 0 Å². The summed E-state index contributed by atoms with van der Waals surface area (Å²) < 4.78 is 0. The molecule has 22 heavy (non-hydrogen) atoms. The molecule has 0 radical (unpaired) electrons. The number of likely N-dealkylation sites (tertiary alicyclic amines) is 1. The van der Waals surface area contributed by atoms with E-state index < -0.39 is 6.04 Å². The molecule has 5 atom stereocenters. The molecule has 1 aliphatic heterocycles. The minimum Gasteiger partial charge on any atom is -0.300 e. The van der Waals surface area contributed by atoms with Crippen LogP contribution in [0.4, 0.5) is 5.13 Å². The van der Waals surface area contributed by atoms with Gasteiger partial charge in [0.15, 0.2) is 5.13 Å². The number of fused-ring (bicyclic) bond motifs is 5. The van der Waals surface area contributed by atoms with Crippen LogP contribution in [0.15, 0.2) is 23.7 Å². The predicted molar refractivity (Wildman–Crippen MR) is 79.8 cm³/mol. The highest BCUT2D eigenvalue weighted by atomic mass is 32.1. The normalized spacial score (nSPS) is 33.4. The molecule has 2 heterocycles. The standard InChI is InChI=1S/C15H15N3O3S/c1-7(12(19)17-15-16-4-5-22-15)18-13(20)10-8-2-3-9(6-8)11(10)14(18)21/h2-5,7-11H,6H2,1H3,(H,16,17,19). The molecule has 5 unspecified atom stereocenters. The van der Waals surface area contributed by atoms with Crippen molar-refractivity contribution in [2.24, 2.45) is 23.7 Å². The third-order valence-electron chi connectivity index (χ3n) is 4.93. The Balaban J connectivity index is 1.54. The van der Waals surface area contributed by atoms with Crippen LogP contribution in [-0.2, 0) is 14.4 Å². The molecule has 2 aliphatic carbocycles. The molecule has 114 valence electrons. The van der Waals surface area contributed by atoms with Crippen molar-refractivity contribution in [3.05, 3.63) is 23.7 Å². The lowest BCUT2D eigenvalue weighted by molar-refractivity contribution is -0.146. The average molecular weight is 317 g/mol. The van der Waals surface area contributed by atoms with Crippen molar-refractivity contribution in [2.45, 2.75) is 19.4 Å². The summed E-state index contributed by atoms with van der Waals surface area (Å²) in [4.78, 5) is 42.6. The van der Waals surface area contributed by atoms with Gasteiger partial charge >= 0.3 is 0 Å². The van der Waals surface area contributed by atoms with Gasteiger partial charge in [0.05, 0.1) is 11.8 Å². The Labute approximate surface area is 131 Å². The number of carbonyl (C=O) groups excluding carboxylic acids is 3. The van der Waals surface area contributed by atoms with E-state index in [-0.39, 0.29) is 41.4 Å². The zero-order valence-corrected chi connectivity index (χ0v) is 12.7. The summed E-state index contributed by atoms with van der Waals surface area (Å²) in [5.74, 6) is -0.995. The average Bonchev–Trinajstić information content (AvgIpc) is 3.24. The Morgan fingerprint density at radius 1 is 1.32 bits per heavy atom. The van der Waals surface area contributed by atoms with Crippen LogP contribution < -0.4 is 5.32 Å². The first-order valence-electron chi connectivity index (χ1n) is 7.33. The fraction of sp³-hybridized carbons (Fsp3) is 0.467. The number of imide groups is 1. The van der Waals surface area contributed by atoms with Crippen molar-refractivity contribution in [1.82, 2.24) is 9.88 Å². The Hall–Kier alpha value is -2.02. The van der Waals surface area contributed by atoms with Gasteiger partial charge in [-0.15, -0.1) is 11.3 Å². The lowest BCUT2D eigenvalue weighted by Crippen LogP contribution is -2.46. The molecule has 7 heteroatoms. The molecule has 2 fully saturated rings. The number of aromatic nitrogens is 1. The van der Waals surface area contributed by atoms with Gasteiger partial charge in [-0.05, 0) is 25.2 Å². The smallest absolute Gasteiger partial charge is 0.249 e. The number of allylic oxidation sites excluding steroid dienone is 2. The number of carbonyl (C=O) groups is 3. The first kappa shape index (κ1) is 13.6. The van der Waals surface area contributed by atoms with Gasteiger partial charge in [-0.1, -0.05) is 12.2 Å². The van der Waals surface area contributed by atoms with Gasteiger partial charge in [0.25, 0.3) is 0 Å². The van der Waals surface area contributed by atoms with Crippen molar-refractivity contribution >= 4 is 34.2 Å². The van der Waals surface area contributed by atoms with Crippen molar-refractivity contribution in [1.29, 1.82) is 0 Å². The fourth-order valence-corrected chi connectivity index (χ4v) is 4.45. The second kappa shape index (κ2) is 4.74. The first-order valence-corrected chi connectivity index (χ1v) is 8.21. The molecule has 6 nitrogen and oxygen atoms in total. The van der Waals surface area contributed by atoms with Crippen LogP contribution in [0.3, 0.4) is 0 Å². The van der Waals surface area contributed by atoms with Crippen LogP contribution in [0.1, 0.15) is 13.3 Å². The number of thiazole rings is 1. The van der Waals surface area contributed by atoms with Crippen molar-refractivity contribution in [3.8, 4) is 0 Å². The molecule has 3 amide bonds. The van der Waals surface area contributed by atoms with E-state index in [1.807, 2.05) is 12.2 Å².